The number of carbonyl (C=O) groups excluding carboxylic acids is 1. The first kappa shape index (κ1) is 9.61. The van der Waals surface area contributed by atoms with Crippen molar-refractivity contribution in [1.29, 1.82) is 0 Å². The summed E-state index contributed by atoms with van der Waals surface area (Å²) in [6.07, 6.45) is 1.71. The summed E-state index contributed by atoms with van der Waals surface area (Å²) in [6, 6.07) is 7.03. The van der Waals surface area contributed by atoms with Crippen LogP contribution < -0.4 is 0 Å². The lowest BCUT2D eigenvalue weighted by atomic mass is 10.2. The van der Waals surface area contributed by atoms with Gasteiger partial charge in [-0.2, -0.15) is 0 Å². The number of hydrogen-bond donors (Lipinski definition) is 0. The van der Waals surface area contributed by atoms with Crippen LogP contribution in [-0.4, -0.2) is 12.2 Å². The highest BCUT2D eigenvalue weighted by Gasteiger charge is 2.04. The Bertz CT molecular complexity index is 271. The molecule has 0 unspecified atom stereocenters. The van der Waals surface area contributed by atoms with Gasteiger partial charge in [-0.25, -0.2) is 4.79 Å². The molecule has 0 N–H and O–H groups in total. The lowest BCUT2D eigenvalue weighted by molar-refractivity contribution is 0.0769. The molecule has 12 heavy (non-hydrogen) atoms. The molecular weight excluding hydrogens is 240 g/mol. The summed E-state index contributed by atoms with van der Waals surface area (Å²) in [5.41, 5.74) is 0.563. The van der Waals surface area contributed by atoms with E-state index in [1.807, 2.05) is 0 Å². The predicted molar refractivity (Wildman–Crippen MR) is 53.1 cm³/mol. The molecule has 2 nitrogen and oxygen atoms in total. The summed E-state index contributed by atoms with van der Waals surface area (Å²) in [7, 11) is 0. The molecule has 0 saturated heterocycles. The van der Waals surface area contributed by atoms with Crippen molar-refractivity contribution in [2.75, 3.05) is 6.26 Å². The van der Waals surface area contributed by atoms with Gasteiger partial charge in [-0.05, 0) is 24.3 Å². The van der Waals surface area contributed by atoms with Crippen LogP contribution in [0.15, 0.2) is 28.7 Å². The zero-order valence-electron chi connectivity index (χ0n) is 6.41. The van der Waals surface area contributed by atoms with E-state index >= 15 is 0 Å². The predicted octanol–water partition coefficient (Wildman–Crippen LogP) is 2.88. The molecule has 1 aromatic rings. The molecule has 0 aromatic heterocycles. The molecule has 0 spiro atoms. The first-order chi connectivity index (χ1) is 5.74. The summed E-state index contributed by atoms with van der Waals surface area (Å²) in [5.74, 6) is -0.310. The SMILES string of the molecule is CSOC(=O)c1ccc(Br)cc1. The van der Waals surface area contributed by atoms with Gasteiger partial charge in [0.1, 0.15) is 0 Å². The standard InChI is InChI=1S/C8H7BrO2S/c1-12-11-8(10)6-2-4-7(9)5-3-6/h2-5H,1H3. The summed E-state index contributed by atoms with van der Waals surface area (Å²) in [4.78, 5) is 11.1. The normalized spacial score (nSPS) is 9.50. The Morgan fingerprint density at radius 2 is 2.00 bits per heavy atom. The van der Waals surface area contributed by atoms with Gasteiger partial charge >= 0.3 is 5.97 Å². The van der Waals surface area contributed by atoms with E-state index in [1.54, 1.807) is 30.5 Å². The second-order valence-corrected chi connectivity index (χ2v) is 3.46. The maximum absolute atomic E-state index is 11.1. The smallest absolute Gasteiger partial charge is 0.350 e. The van der Waals surface area contributed by atoms with E-state index < -0.39 is 0 Å². The average Bonchev–Trinajstić information content (AvgIpc) is 2.06. The number of hydrogen-bond acceptors (Lipinski definition) is 3. The first-order valence-electron chi connectivity index (χ1n) is 3.24. The number of carbonyl (C=O) groups is 1. The van der Waals surface area contributed by atoms with Crippen molar-refractivity contribution >= 4 is 33.9 Å². The van der Waals surface area contributed by atoms with E-state index in [-0.39, 0.29) is 5.97 Å². The van der Waals surface area contributed by atoms with E-state index in [2.05, 4.69) is 15.9 Å². The minimum atomic E-state index is -0.310. The fourth-order valence-electron chi connectivity index (χ4n) is 0.710. The van der Waals surface area contributed by atoms with Crippen LogP contribution in [0.1, 0.15) is 10.4 Å². The highest BCUT2D eigenvalue weighted by molar-refractivity contribution is 9.10. The maximum Gasteiger partial charge on any atom is 0.350 e. The third-order valence-corrected chi connectivity index (χ3v) is 2.09. The molecule has 0 aliphatic rings. The van der Waals surface area contributed by atoms with Gasteiger partial charge in [0.05, 0.1) is 17.6 Å². The number of rotatable bonds is 2. The molecule has 1 rings (SSSR count). The molecule has 0 radical (unpaired) electrons. The van der Waals surface area contributed by atoms with Crippen LogP contribution in [-0.2, 0) is 4.18 Å². The van der Waals surface area contributed by atoms with Crippen LogP contribution in [0.25, 0.3) is 0 Å². The third-order valence-electron chi connectivity index (χ3n) is 1.24. The topological polar surface area (TPSA) is 26.3 Å². The Morgan fingerprint density at radius 1 is 1.42 bits per heavy atom. The summed E-state index contributed by atoms with van der Waals surface area (Å²) >= 11 is 4.32. The molecule has 4 heteroatoms. The third kappa shape index (κ3) is 2.53. The molecule has 0 aliphatic heterocycles. The molecule has 0 saturated carbocycles. The fraction of sp³-hybridized carbons (Fsp3) is 0.125. The van der Waals surface area contributed by atoms with Crippen molar-refractivity contribution in [3.63, 3.8) is 0 Å². The van der Waals surface area contributed by atoms with E-state index in [0.29, 0.717) is 5.56 Å². The lowest BCUT2D eigenvalue weighted by Crippen LogP contribution is -1.98. The molecule has 0 bridgehead atoms. The highest BCUT2D eigenvalue weighted by atomic mass is 79.9. The molecular formula is C8H7BrO2S. The van der Waals surface area contributed by atoms with Gasteiger partial charge in [-0.1, -0.05) is 15.9 Å². The lowest BCUT2D eigenvalue weighted by Gasteiger charge is -1.98. The highest BCUT2D eigenvalue weighted by Crippen LogP contribution is 2.12. The van der Waals surface area contributed by atoms with Crippen LogP contribution in [0.4, 0.5) is 0 Å². The van der Waals surface area contributed by atoms with Gasteiger partial charge in [0.15, 0.2) is 0 Å². The monoisotopic (exact) mass is 246 g/mol. The molecule has 0 aliphatic carbocycles. The molecule has 0 amide bonds. The fourth-order valence-corrected chi connectivity index (χ4v) is 1.22. The largest absolute Gasteiger partial charge is 0.388 e. The summed E-state index contributed by atoms with van der Waals surface area (Å²) < 4.78 is 5.68. The van der Waals surface area contributed by atoms with E-state index in [9.17, 15) is 4.79 Å². The van der Waals surface area contributed by atoms with Crippen molar-refractivity contribution < 1.29 is 8.98 Å². The van der Waals surface area contributed by atoms with Crippen LogP contribution in [0, 0.1) is 0 Å². The van der Waals surface area contributed by atoms with Gasteiger partial charge in [-0.3, -0.25) is 0 Å². The number of halogens is 1. The van der Waals surface area contributed by atoms with E-state index in [0.717, 1.165) is 16.5 Å². The zero-order valence-corrected chi connectivity index (χ0v) is 8.81. The minimum Gasteiger partial charge on any atom is -0.388 e. The molecule has 0 fully saturated rings. The Morgan fingerprint density at radius 3 is 2.50 bits per heavy atom. The average molecular weight is 247 g/mol. The van der Waals surface area contributed by atoms with Crippen molar-refractivity contribution in [3.05, 3.63) is 34.3 Å². The Kier molecular flexibility index (Phi) is 3.62. The van der Waals surface area contributed by atoms with Gasteiger partial charge in [0.2, 0.25) is 0 Å². The van der Waals surface area contributed by atoms with Crippen molar-refractivity contribution in [2.24, 2.45) is 0 Å². The van der Waals surface area contributed by atoms with Gasteiger partial charge in [0, 0.05) is 10.7 Å². The summed E-state index contributed by atoms with van der Waals surface area (Å²) in [5, 5.41) is 0. The van der Waals surface area contributed by atoms with E-state index in [4.69, 9.17) is 4.18 Å². The second-order valence-electron chi connectivity index (χ2n) is 2.04. The summed E-state index contributed by atoms with van der Waals surface area (Å²) in [6.45, 7) is 0. The quantitative estimate of drug-likeness (QED) is 0.751. The number of benzene rings is 1. The first-order valence-corrected chi connectivity index (χ1v) is 5.19. The molecule has 1 aromatic carbocycles. The second kappa shape index (κ2) is 4.52. The van der Waals surface area contributed by atoms with Gasteiger partial charge in [-0.15, -0.1) is 0 Å². The Hall–Kier alpha value is -0.480. The zero-order chi connectivity index (χ0) is 8.97. The Labute approximate surface area is 83.6 Å². The van der Waals surface area contributed by atoms with Crippen LogP contribution in [0.3, 0.4) is 0 Å². The van der Waals surface area contributed by atoms with Crippen molar-refractivity contribution in [1.82, 2.24) is 0 Å². The van der Waals surface area contributed by atoms with Crippen LogP contribution in [0.5, 0.6) is 0 Å². The van der Waals surface area contributed by atoms with Crippen molar-refractivity contribution in [3.8, 4) is 0 Å². The van der Waals surface area contributed by atoms with Crippen LogP contribution >= 0.6 is 28.0 Å². The molecule has 64 valence electrons. The molecule has 0 atom stereocenters. The van der Waals surface area contributed by atoms with E-state index in [1.165, 1.54) is 0 Å². The van der Waals surface area contributed by atoms with Crippen molar-refractivity contribution in [2.45, 2.75) is 0 Å². The maximum atomic E-state index is 11.1. The Balaban J connectivity index is 2.75. The minimum absolute atomic E-state index is 0.310. The van der Waals surface area contributed by atoms with Crippen LogP contribution in [0.2, 0.25) is 0 Å². The van der Waals surface area contributed by atoms with Gasteiger partial charge in [0.25, 0.3) is 0 Å². The van der Waals surface area contributed by atoms with Gasteiger partial charge < -0.3 is 4.18 Å². The molecule has 0 heterocycles.